The standard InChI is InChI=1S/C22H31N5O2S/c1-16(2)14-19-25-26-22(30-19)21(29)24-18-9-6-8-17(15-18)20(28)23-10-7-13-27-11-4-3-5-12-27/h6,8-9,15-16H,3-5,7,10-14H2,1-2H3,(H,23,28)(H,24,29). The molecule has 162 valence electrons. The molecule has 8 heteroatoms. The van der Waals surface area contributed by atoms with Crippen molar-refractivity contribution in [1.82, 2.24) is 20.4 Å². The smallest absolute Gasteiger partial charge is 0.286 e. The number of rotatable bonds is 9. The fourth-order valence-electron chi connectivity index (χ4n) is 3.49. The minimum Gasteiger partial charge on any atom is -0.352 e. The highest BCUT2D eigenvalue weighted by Gasteiger charge is 2.15. The molecule has 2 heterocycles. The highest BCUT2D eigenvalue weighted by molar-refractivity contribution is 7.13. The van der Waals surface area contributed by atoms with Crippen molar-refractivity contribution in [2.24, 2.45) is 5.92 Å². The van der Waals surface area contributed by atoms with Gasteiger partial charge in [-0.15, -0.1) is 10.2 Å². The van der Waals surface area contributed by atoms with Gasteiger partial charge < -0.3 is 15.5 Å². The molecule has 1 fully saturated rings. The van der Waals surface area contributed by atoms with Crippen molar-refractivity contribution in [3.63, 3.8) is 0 Å². The lowest BCUT2D eigenvalue weighted by Crippen LogP contribution is -2.33. The Morgan fingerprint density at radius 1 is 1.13 bits per heavy atom. The molecule has 2 amide bonds. The number of anilines is 1. The van der Waals surface area contributed by atoms with E-state index in [2.05, 4.69) is 39.6 Å². The van der Waals surface area contributed by atoms with Gasteiger partial charge in [0.1, 0.15) is 5.01 Å². The summed E-state index contributed by atoms with van der Waals surface area (Å²) < 4.78 is 0. The van der Waals surface area contributed by atoms with Crippen LogP contribution in [-0.2, 0) is 6.42 Å². The number of benzene rings is 1. The summed E-state index contributed by atoms with van der Waals surface area (Å²) in [4.78, 5) is 27.4. The van der Waals surface area contributed by atoms with E-state index in [0.717, 1.165) is 24.4 Å². The van der Waals surface area contributed by atoms with E-state index in [-0.39, 0.29) is 11.8 Å². The lowest BCUT2D eigenvalue weighted by atomic mass is 10.1. The zero-order chi connectivity index (χ0) is 21.3. The lowest BCUT2D eigenvalue weighted by Gasteiger charge is -2.26. The molecule has 0 saturated carbocycles. The first-order valence-corrected chi connectivity index (χ1v) is 11.6. The molecule has 1 aliphatic rings. The first-order valence-electron chi connectivity index (χ1n) is 10.8. The van der Waals surface area contributed by atoms with Gasteiger partial charge in [-0.2, -0.15) is 0 Å². The second kappa shape index (κ2) is 11.2. The van der Waals surface area contributed by atoms with Crippen LogP contribution in [0.3, 0.4) is 0 Å². The summed E-state index contributed by atoms with van der Waals surface area (Å²) in [5.41, 5.74) is 1.10. The molecule has 1 aromatic carbocycles. The number of carbonyl (C=O) groups excluding carboxylic acids is 2. The molecule has 30 heavy (non-hydrogen) atoms. The molecule has 1 aliphatic heterocycles. The van der Waals surface area contributed by atoms with Crippen LogP contribution in [0.25, 0.3) is 0 Å². The molecule has 0 spiro atoms. The topological polar surface area (TPSA) is 87.2 Å². The van der Waals surface area contributed by atoms with Gasteiger partial charge in [-0.3, -0.25) is 9.59 Å². The fraction of sp³-hybridized carbons (Fsp3) is 0.545. The molecular formula is C22H31N5O2S. The van der Waals surface area contributed by atoms with Crippen LogP contribution in [0.15, 0.2) is 24.3 Å². The Balaban J connectivity index is 1.47. The van der Waals surface area contributed by atoms with Crippen LogP contribution in [0.4, 0.5) is 5.69 Å². The Kier molecular flexibility index (Phi) is 8.33. The third-order valence-electron chi connectivity index (χ3n) is 5.01. The highest BCUT2D eigenvalue weighted by atomic mass is 32.1. The number of hydrogen-bond acceptors (Lipinski definition) is 6. The predicted octanol–water partition coefficient (Wildman–Crippen LogP) is 3.59. The van der Waals surface area contributed by atoms with Crippen molar-refractivity contribution in [3.8, 4) is 0 Å². The van der Waals surface area contributed by atoms with E-state index in [1.807, 2.05) is 0 Å². The molecule has 0 aliphatic carbocycles. The van der Waals surface area contributed by atoms with Gasteiger partial charge in [-0.05, 0) is 63.0 Å². The Morgan fingerprint density at radius 2 is 1.93 bits per heavy atom. The summed E-state index contributed by atoms with van der Waals surface area (Å²) in [6, 6.07) is 6.97. The van der Waals surface area contributed by atoms with Crippen molar-refractivity contribution in [2.45, 2.75) is 46.0 Å². The van der Waals surface area contributed by atoms with Gasteiger partial charge in [0.05, 0.1) is 0 Å². The van der Waals surface area contributed by atoms with Crippen LogP contribution in [0.5, 0.6) is 0 Å². The second-order valence-corrected chi connectivity index (χ2v) is 9.21. The number of likely N-dealkylation sites (tertiary alicyclic amines) is 1. The molecule has 0 radical (unpaired) electrons. The summed E-state index contributed by atoms with van der Waals surface area (Å²) in [6.07, 6.45) is 5.64. The second-order valence-electron chi connectivity index (χ2n) is 8.15. The SMILES string of the molecule is CC(C)Cc1nnc(C(=O)Nc2cccc(C(=O)NCCCN3CCCCC3)c2)s1. The molecule has 1 saturated heterocycles. The maximum Gasteiger partial charge on any atom is 0.286 e. The van der Waals surface area contributed by atoms with Crippen LogP contribution in [-0.4, -0.2) is 53.1 Å². The average Bonchev–Trinajstić information content (AvgIpc) is 3.20. The molecule has 0 atom stereocenters. The third-order valence-corrected chi connectivity index (χ3v) is 5.96. The summed E-state index contributed by atoms with van der Waals surface area (Å²) >= 11 is 1.31. The van der Waals surface area contributed by atoms with Crippen LogP contribution >= 0.6 is 11.3 Å². The molecule has 0 bridgehead atoms. The van der Waals surface area contributed by atoms with E-state index in [1.54, 1.807) is 24.3 Å². The molecule has 3 rings (SSSR count). The van der Waals surface area contributed by atoms with Gasteiger partial charge in [0.25, 0.3) is 11.8 Å². The van der Waals surface area contributed by atoms with Gasteiger partial charge in [0.15, 0.2) is 0 Å². The number of aromatic nitrogens is 2. The summed E-state index contributed by atoms with van der Waals surface area (Å²) in [5.74, 6) is 0.0328. The van der Waals surface area contributed by atoms with E-state index >= 15 is 0 Å². The van der Waals surface area contributed by atoms with Crippen molar-refractivity contribution in [2.75, 3.05) is 31.5 Å². The number of carbonyl (C=O) groups is 2. The Labute approximate surface area is 182 Å². The van der Waals surface area contributed by atoms with Crippen molar-refractivity contribution < 1.29 is 9.59 Å². The third kappa shape index (κ3) is 6.88. The first-order chi connectivity index (χ1) is 14.5. The summed E-state index contributed by atoms with van der Waals surface area (Å²) in [6.45, 7) is 8.22. The van der Waals surface area contributed by atoms with Gasteiger partial charge >= 0.3 is 0 Å². The molecular weight excluding hydrogens is 398 g/mol. The quantitative estimate of drug-likeness (QED) is 0.595. The van der Waals surface area contributed by atoms with Crippen molar-refractivity contribution >= 4 is 28.8 Å². The van der Waals surface area contributed by atoms with Gasteiger partial charge in [-0.1, -0.05) is 37.7 Å². The lowest BCUT2D eigenvalue weighted by molar-refractivity contribution is 0.0949. The predicted molar refractivity (Wildman–Crippen MR) is 120 cm³/mol. The number of amides is 2. The van der Waals surface area contributed by atoms with E-state index in [4.69, 9.17) is 0 Å². The van der Waals surface area contributed by atoms with E-state index in [0.29, 0.717) is 28.7 Å². The Hall–Kier alpha value is -2.32. The van der Waals surface area contributed by atoms with E-state index in [9.17, 15) is 9.59 Å². The minimum atomic E-state index is -0.304. The Morgan fingerprint density at radius 3 is 2.70 bits per heavy atom. The van der Waals surface area contributed by atoms with Gasteiger partial charge in [0, 0.05) is 24.2 Å². The maximum absolute atomic E-state index is 12.5. The summed E-state index contributed by atoms with van der Waals surface area (Å²) in [5, 5.41) is 15.0. The maximum atomic E-state index is 12.5. The number of piperidine rings is 1. The van der Waals surface area contributed by atoms with Crippen LogP contribution in [0, 0.1) is 5.92 Å². The zero-order valence-electron chi connectivity index (χ0n) is 17.8. The molecule has 2 aromatic rings. The van der Waals surface area contributed by atoms with Gasteiger partial charge in [0.2, 0.25) is 5.01 Å². The van der Waals surface area contributed by atoms with Crippen LogP contribution < -0.4 is 10.6 Å². The largest absolute Gasteiger partial charge is 0.352 e. The average molecular weight is 430 g/mol. The minimum absolute atomic E-state index is 0.125. The molecule has 2 N–H and O–H groups in total. The Bertz CT molecular complexity index is 846. The highest BCUT2D eigenvalue weighted by Crippen LogP contribution is 2.17. The van der Waals surface area contributed by atoms with Gasteiger partial charge in [-0.25, -0.2) is 0 Å². The number of nitrogens with one attached hydrogen (secondary N) is 2. The van der Waals surface area contributed by atoms with Crippen LogP contribution in [0.1, 0.15) is 64.7 Å². The zero-order valence-corrected chi connectivity index (χ0v) is 18.6. The number of nitrogens with zero attached hydrogens (tertiary/aromatic N) is 3. The van der Waals surface area contributed by atoms with Crippen LogP contribution in [0.2, 0.25) is 0 Å². The monoisotopic (exact) mass is 429 g/mol. The van der Waals surface area contributed by atoms with E-state index in [1.165, 1.54) is 43.7 Å². The fourth-order valence-corrected chi connectivity index (χ4v) is 4.44. The molecule has 0 unspecified atom stereocenters. The van der Waals surface area contributed by atoms with E-state index < -0.39 is 0 Å². The molecule has 1 aromatic heterocycles. The number of hydrogen-bond donors (Lipinski definition) is 2. The first kappa shape index (κ1) is 22.4. The van der Waals surface area contributed by atoms with Crippen molar-refractivity contribution in [1.29, 1.82) is 0 Å². The summed E-state index contributed by atoms with van der Waals surface area (Å²) in [7, 11) is 0. The molecule has 7 nitrogen and oxygen atoms in total. The normalized spacial score (nSPS) is 14.6. The van der Waals surface area contributed by atoms with Crippen molar-refractivity contribution in [3.05, 3.63) is 39.8 Å².